The Labute approximate surface area is 153 Å². The number of fused-ring (bicyclic) bond motifs is 1. The molecule has 2 amide bonds. The zero-order valence-electron chi connectivity index (χ0n) is 14.6. The van der Waals surface area contributed by atoms with Crippen LogP contribution in [0.15, 0.2) is 42.5 Å². The number of carbonyl (C=O) groups excluding carboxylic acids is 1. The number of benzene rings is 2. The Kier molecular flexibility index (Phi) is 4.58. The van der Waals surface area contributed by atoms with Crippen LogP contribution in [-0.4, -0.2) is 55.1 Å². The Morgan fingerprint density at radius 2 is 1.69 bits per heavy atom. The SMILES string of the molecule is O=C(NCc1cccc2ccccc12)N1CCN(S(=O)(=O)C2CC2)CC1. The maximum Gasteiger partial charge on any atom is 0.317 e. The standard InChI is InChI=1S/C19H23N3O3S/c23-19(20-14-16-6-3-5-15-4-1-2-7-18(15)16)21-10-12-22(13-11-21)26(24,25)17-8-9-17/h1-7,17H,8-14H2,(H,20,23). The molecule has 138 valence electrons. The van der Waals surface area contributed by atoms with Crippen LogP contribution in [0.25, 0.3) is 10.8 Å². The second-order valence-electron chi connectivity index (χ2n) is 6.93. The molecule has 0 spiro atoms. The maximum absolute atomic E-state index is 12.5. The Balaban J connectivity index is 1.34. The number of hydrogen-bond donors (Lipinski definition) is 1. The number of urea groups is 1. The van der Waals surface area contributed by atoms with Crippen LogP contribution >= 0.6 is 0 Å². The fourth-order valence-corrected chi connectivity index (χ4v) is 5.28. The van der Waals surface area contributed by atoms with Gasteiger partial charge in [-0.3, -0.25) is 0 Å². The highest BCUT2D eigenvalue weighted by Crippen LogP contribution is 2.31. The minimum atomic E-state index is -3.14. The average Bonchev–Trinajstić information content (AvgIpc) is 3.52. The van der Waals surface area contributed by atoms with Gasteiger partial charge in [0.25, 0.3) is 0 Å². The number of nitrogens with zero attached hydrogens (tertiary/aromatic N) is 2. The molecule has 7 heteroatoms. The third kappa shape index (κ3) is 3.41. The number of piperazine rings is 1. The summed E-state index contributed by atoms with van der Waals surface area (Å²) in [5, 5.41) is 5.07. The van der Waals surface area contributed by atoms with Crippen molar-refractivity contribution in [1.82, 2.24) is 14.5 Å². The summed E-state index contributed by atoms with van der Waals surface area (Å²) in [5.41, 5.74) is 1.08. The molecule has 1 saturated heterocycles. The summed E-state index contributed by atoms with van der Waals surface area (Å²) in [6.07, 6.45) is 1.54. The normalized spacial score (nSPS) is 18.8. The monoisotopic (exact) mass is 373 g/mol. The number of amides is 2. The van der Waals surface area contributed by atoms with Gasteiger partial charge < -0.3 is 10.2 Å². The molecule has 2 fully saturated rings. The van der Waals surface area contributed by atoms with Gasteiger partial charge >= 0.3 is 6.03 Å². The third-order valence-corrected chi connectivity index (χ3v) is 7.54. The Hall–Kier alpha value is -2.12. The van der Waals surface area contributed by atoms with E-state index in [9.17, 15) is 13.2 Å². The largest absolute Gasteiger partial charge is 0.334 e. The first kappa shape index (κ1) is 17.3. The topological polar surface area (TPSA) is 69.7 Å². The predicted octanol–water partition coefficient (Wildman–Crippen LogP) is 2.16. The summed E-state index contributed by atoms with van der Waals surface area (Å²) < 4.78 is 26.1. The molecule has 4 rings (SSSR count). The fraction of sp³-hybridized carbons (Fsp3) is 0.421. The summed E-state index contributed by atoms with van der Waals surface area (Å²) in [6, 6.07) is 14.0. The van der Waals surface area contributed by atoms with E-state index in [4.69, 9.17) is 0 Å². The van der Waals surface area contributed by atoms with Gasteiger partial charge in [-0.15, -0.1) is 0 Å². The molecule has 0 radical (unpaired) electrons. The van der Waals surface area contributed by atoms with Gasteiger partial charge in [-0.25, -0.2) is 13.2 Å². The highest BCUT2D eigenvalue weighted by molar-refractivity contribution is 7.90. The predicted molar refractivity (Wildman–Crippen MR) is 101 cm³/mol. The third-order valence-electron chi connectivity index (χ3n) is 5.14. The highest BCUT2D eigenvalue weighted by Gasteiger charge is 2.41. The second kappa shape index (κ2) is 6.89. The molecular weight excluding hydrogens is 350 g/mol. The Bertz CT molecular complexity index is 911. The van der Waals surface area contributed by atoms with Crippen LogP contribution in [0.1, 0.15) is 18.4 Å². The van der Waals surface area contributed by atoms with E-state index in [1.54, 1.807) is 9.21 Å². The molecule has 1 aliphatic carbocycles. The van der Waals surface area contributed by atoms with Crippen molar-refractivity contribution in [2.24, 2.45) is 0 Å². The minimum Gasteiger partial charge on any atom is -0.334 e. The lowest BCUT2D eigenvalue weighted by atomic mass is 10.0. The molecule has 0 unspecified atom stereocenters. The van der Waals surface area contributed by atoms with Crippen LogP contribution in [0.2, 0.25) is 0 Å². The molecule has 1 saturated carbocycles. The van der Waals surface area contributed by atoms with Crippen LogP contribution < -0.4 is 5.32 Å². The van der Waals surface area contributed by atoms with Crippen molar-refractivity contribution in [3.8, 4) is 0 Å². The zero-order chi connectivity index (χ0) is 18.1. The molecule has 1 N–H and O–H groups in total. The van der Waals surface area contributed by atoms with Gasteiger partial charge in [0.1, 0.15) is 0 Å². The highest BCUT2D eigenvalue weighted by atomic mass is 32.2. The van der Waals surface area contributed by atoms with Crippen molar-refractivity contribution in [2.75, 3.05) is 26.2 Å². The molecular formula is C19H23N3O3S. The molecule has 0 atom stereocenters. The van der Waals surface area contributed by atoms with E-state index in [1.807, 2.05) is 24.3 Å². The van der Waals surface area contributed by atoms with E-state index in [-0.39, 0.29) is 11.3 Å². The summed E-state index contributed by atoms with van der Waals surface area (Å²) >= 11 is 0. The molecule has 2 aromatic carbocycles. The van der Waals surface area contributed by atoms with Crippen LogP contribution in [0, 0.1) is 0 Å². The molecule has 26 heavy (non-hydrogen) atoms. The summed E-state index contributed by atoms with van der Waals surface area (Å²) in [7, 11) is -3.14. The lowest BCUT2D eigenvalue weighted by Crippen LogP contribution is -2.53. The maximum atomic E-state index is 12.5. The molecule has 1 heterocycles. The number of nitrogens with one attached hydrogen (secondary N) is 1. The first-order valence-corrected chi connectivity index (χ1v) is 10.5. The van der Waals surface area contributed by atoms with Gasteiger partial charge in [-0.1, -0.05) is 42.5 Å². The van der Waals surface area contributed by atoms with Gasteiger partial charge in [0.2, 0.25) is 10.0 Å². The van der Waals surface area contributed by atoms with Gasteiger partial charge in [0, 0.05) is 32.7 Å². The molecule has 1 aliphatic heterocycles. The van der Waals surface area contributed by atoms with Crippen molar-refractivity contribution in [3.63, 3.8) is 0 Å². The van der Waals surface area contributed by atoms with Crippen molar-refractivity contribution >= 4 is 26.8 Å². The van der Waals surface area contributed by atoms with Gasteiger partial charge in [0.05, 0.1) is 5.25 Å². The van der Waals surface area contributed by atoms with E-state index in [0.29, 0.717) is 32.7 Å². The lowest BCUT2D eigenvalue weighted by molar-refractivity contribution is 0.172. The van der Waals surface area contributed by atoms with Crippen molar-refractivity contribution in [1.29, 1.82) is 0 Å². The van der Waals surface area contributed by atoms with E-state index in [1.165, 1.54) is 0 Å². The first-order valence-electron chi connectivity index (χ1n) is 9.04. The quantitative estimate of drug-likeness (QED) is 0.893. The minimum absolute atomic E-state index is 0.138. The number of carbonyl (C=O) groups is 1. The van der Waals surface area contributed by atoms with Gasteiger partial charge in [-0.2, -0.15) is 4.31 Å². The summed E-state index contributed by atoms with van der Waals surface area (Å²) in [4.78, 5) is 14.2. The molecule has 2 aliphatic rings. The number of rotatable bonds is 4. The van der Waals surface area contributed by atoms with Crippen LogP contribution in [0.3, 0.4) is 0 Å². The lowest BCUT2D eigenvalue weighted by Gasteiger charge is -2.34. The average molecular weight is 373 g/mol. The van der Waals surface area contributed by atoms with Crippen molar-refractivity contribution in [3.05, 3.63) is 48.0 Å². The number of hydrogen-bond acceptors (Lipinski definition) is 3. The van der Waals surface area contributed by atoms with E-state index in [2.05, 4.69) is 23.5 Å². The molecule has 0 bridgehead atoms. The van der Waals surface area contributed by atoms with E-state index >= 15 is 0 Å². The Morgan fingerprint density at radius 3 is 2.42 bits per heavy atom. The smallest absolute Gasteiger partial charge is 0.317 e. The van der Waals surface area contributed by atoms with Crippen molar-refractivity contribution < 1.29 is 13.2 Å². The zero-order valence-corrected chi connectivity index (χ0v) is 15.4. The molecule has 0 aromatic heterocycles. The Morgan fingerprint density at radius 1 is 1.00 bits per heavy atom. The van der Waals surface area contributed by atoms with Gasteiger partial charge in [-0.05, 0) is 29.2 Å². The van der Waals surface area contributed by atoms with Crippen LogP contribution in [0.5, 0.6) is 0 Å². The van der Waals surface area contributed by atoms with Crippen LogP contribution in [0.4, 0.5) is 4.79 Å². The molecule has 2 aromatic rings. The summed E-state index contributed by atoms with van der Waals surface area (Å²) in [6.45, 7) is 2.11. The number of sulfonamides is 1. The second-order valence-corrected chi connectivity index (χ2v) is 9.14. The summed E-state index contributed by atoms with van der Waals surface area (Å²) in [5.74, 6) is 0. The van der Waals surface area contributed by atoms with E-state index < -0.39 is 10.0 Å². The van der Waals surface area contributed by atoms with Crippen LogP contribution in [-0.2, 0) is 16.6 Å². The molecule has 6 nitrogen and oxygen atoms in total. The van der Waals surface area contributed by atoms with E-state index in [0.717, 1.165) is 29.2 Å². The fourth-order valence-electron chi connectivity index (χ4n) is 3.45. The van der Waals surface area contributed by atoms with Gasteiger partial charge in [0.15, 0.2) is 0 Å². The first-order chi connectivity index (χ1) is 12.6. The van der Waals surface area contributed by atoms with Crippen molar-refractivity contribution in [2.45, 2.75) is 24.6 Å².